The molecule has 0 amide bonds. The van der Waals surface area contributed by atoms with Gasteiger partial charge in [0.15, 0.2) is 0 Å². The maximum absolute atomic E-state index is 6.07. The maximum Gasteiger partial charge on any atom is 0.462 e. The molecule has 3 heteroatoms. The van der Waals surface area contributed by atoms with E-state index in [1.54, 1.807) is 0 Å². The number of hydrogen-bond donors (Lipinski definition) is 0. The molecule has 3 rings (SSSR count). The molecule has 1 aromatic rings. The van der Waals surface area contributed by atoms with Crippen LogP contribution >= 0.6 is 0 Å². The van der Waals surface area contributed by atoms with E-state index in [4.69, 9.17) is 9.31 Å². The van der Waals surface area contributed by atoms with Gasteiger partial charge in [0, 0.05) is 6.32 Å². The van der Waals surface area contributed by atoms with Crippen LogP contribution in [0.25, 0.3) is 5.57 Å². The first-order chi connectivity index (χ1) is 10.4. The van der Waals surface area contributed by atoms with Crippen LogP contribution in [0.3, 0.4) is 0 Å². The Bertz CT molecular complexity index is 580. The lowest BCUT2D eigenvalue weighted by molar-refractivity contribution is 0.00578. The van der Waals surface area contributed by atoms with Gasteiger partial charge in [-0.2, -0.15) is 0 Å². The molecule has 116 valence electrons. The summed E-state index contributed by atoms with van der Waals surface area (Å²) < 4.78 is 12.1. The highest BCUT2D eigenvalue weighted by Gasteiger charge is 2.50. The molecule has 2 nitrogen and oxygen atoms in total. The van der Waals surface area contributed by atoms with Gasteiger partial charge in [-0.25, -0.2) is 0 Å². The minimum Gasteiger partial charge on any atom is -0.403 e. The summed E-state index contributed by atoms with van der Waals surface area (Å²) in [6, 6.07) is 8.82. The SMILES string of the molecule is CC1(C)OB(Cc2ccc(C3=CC=CCC3)cc2)OC1(C)C. The van der Waals surface area contributed by atoms with Crippen molar-refractivity contribution in [3.8, 4) is 0 Å². The van der Waals surface area contributed by atoms with Crippen molar-refractivity contribution in [2.24, 2.45) is 0 Å². The van der Waals surface area contributed by atoms with E-state index in [0.29, 0.717) is 0 Å². The Labute approximate surface area is 134 Å². The fourth-order valence-corrected chi connectivity index (χ4v) is 2.94. The molecular weight excluding hydrogens is 271 g/mol. The Morgan fingerprint density at radius 3 is 2.18 bits per heavy atom. The summed E-state index contributed by atoms with van der Waals surface area (Å²) >= 11 is 0. The van der Waals surface area contributed by atoms with E-state index in [1.807, 2.05) is 0 Å². The summed E-state index contributed by atoms with van der Waals surface area (Å²) in [5, 5.41) is 0. The van der Waals surface area contributed by atoms with Crippen LogP contribution in [0.5, 0.6) is 0 Å². The zero-order valence-electron chi connectivity index (χ0n) is 14.1. The van der Waals surface area contributed by atoms with Gasteiger partial charge in [0.2, 0.25) is 0 Å². The van der Waals surface area contributed by atoms with Crippen molar-refractivity contribution < 1.29 is 9.31 Å². The normalized spacial score (nSPS) is 22.7. The van der Waals surface area contributed by atoms with Crippen LogP contribution in [-0.4, -0.2) is 18.3 Å². The average Bonchev–Trinajstić information content (AvgIpc) is 2.68. The molecule has 2 aliphatic rings. The number of rotatable bonds is 3. The van der Waals surface area contributed by atoms with Crippen molar-refractivity contribution in [1.29, 1.82) is 0 Å². The van der Waals surface area contributed by atoms with Crippen LogP contribution in [0.1, 0.15) is 51.7 Å². The van der Waals surface area contributed by atoms with Crippen LogP contribution in [0.4, 0.5) is 0 Å². The monoisotopic (exact) mass is 296 g/mol. The van der Waals surface area contributed by atoms with Gasteiger partial charge in [-0.05, 0) is 57.2 Å². The van der Waals surface area contributed by atoms with Gasteiger partial charge in [-0.15, -0.1) is 0 Å². The predicted octanol–water partition coefficient (Wildman–Crippen LogP) is 4.59. The standard InChI is InChI=1S/C19H25BO2/c1-18(2)19(3,4)22-20(21-18)14-15-10-12-17(13-11-15)16-8-6-5-7-9-16/h5-6,8,10-13H,7,9,14H2,1-4H3. The molecule has 1 heterocycles. The van der Waals surface area contributed by atoms with E-state index in [2.05, 4.69) is 70.2 Å². The Morgan fingerprint density at radius 2 is 1.64 bits per heavy atom. The summed E-state index contributed by atoms with van der Waals surface area (Å²) in [5.41, 5.74) is 3.49. The molecule has 1 saturated heterocycles. The zero-order valence-corrected chi connectivity index (χ0v) is 14.1. The third-order valence-electron chi connectivity index (χ3n) is 5.04. The first kappa shape index (κ1) is 15.6. The van der Waals surface area contributed by atoms with Crippen LogP contribution < -0.4 is 0 Å². The van der Waals surface area contributed by atoms with Gasteiger partial charge in [-0.3, -0.25) is 0 Å². The quantitative estimate of drug-likeness (QED) is 0.759. The van der Waals surface area contributed by atoms with Gasteiger partial charge >= 0.3 is 7.12 Å². The fraction of sp³-hybridized carbons (Fsp3) is 0.474. The second kappa shape index (κ2) is 5.71. The van der Waals surface area contributed by atoms with Crippen molar-refractivity contribution in [1.82, 2.24) is 0 Å². The van der Waals surface area contributed by atoms with Gasteiger partial charge in [0.05, 0.1) is 11.2 Å². The Balaban J connectivity index is 1.67. The third kappa shape index (κ3) is 3.06. The zero-order chi connectivity index (χ0) is 15.8. The van der Waals surface area contributed by atoms with Crippen molar-refractivity contribution >= 4 is 12.7 Å². The summed E-state index contributed by atoms with van der Waals surface area (Å²) in [6.45, 7) is 8.39. The molecule has 1 fully saturated rings. The Kier molecular flexibility index (Phi) is 4.04. The molecule has 0 bridgehead atoms. The molecular formula is C19H25BO2. The minimum atomic E-state index is -0.253. The molecule has 0 aromatic heterocycles. The van der Waals surface area contributed by atoms with Crippen molar-refractivity contribution in [2.75, 3.05) is 0 Å². The number of hydrogen-bond acceptors (Lipinski definition) is 2. The molecule has 0 unspecified atom stereocenters. The van der Waals surface area contributed by atoms with Gasteiger partial charge in [0.25, 0.3) is 0 Å². The lowest BCUT2D eigenvalue weighted by Gasteiger charge is -2.32. The molecule has 0 atom stereocenters. The minimum absolute atomic E-state index is 0.160. The van der Waals surface area contributed by atoms with Crippen molar-refractivity contribution in [3.05, 3.63) is 53.6 Å². The average molecular weight is 296 g/mol. The third-order valence-corrected chi connectivity index (χ3v) is 5.04. The topological polar surface area (TPSA) is 18.5 Å². The Hall–Kier alpha value is -1.32. The lowest BCUT2D eigenvalue weighted by Crippen LogP contribution is -2.41. The molecule has 0 saturated carbocycles. The summed E-state index contributed by atoms with van der Waals surface area (Å²) in [6.07, 6.45) is 9.65. The largest absolute Gasteiger partial charge is 0.462 e. The highest BCUT2D eigenvalue weighted by atomic mass is 16.7. The van der Waals surface area contributed by atoms with Gasteiger partial charge < -0.3 is 9.31 Å². The van der Waals surface area contributed by atoms with E-state index in [1.165, 1.54) is 16.7 Å². The number of benzene rings is 1. The molecule has 0 radical (unpaired) electrons. The molecule has 1 aliphatic heterocycles. The van der Waals surface area contributed by atoms with Crippen molar-refractivity contribution in [2.45, 2.75) is 58.1 Å². The van der Waals surface area contributed by atoms with E-state index in [-0.39, 0.29) is 18.3 Å². The molecule has 0 spiro atoms. The van der Waals surface area contributed by atoms with Crippen LogP contribution in [0, 0.1) is 0 Å². The van der Waals surface area contributed by atoms with E-state index in [0.717, 1.165) is 19.2 Å². The highest BCUT2D eigenvalue weighted by molar-refractivity contribution is 6.45. The second-order valence-electron chi connectivity index (χ2n) is 7.25. The molecule has 1 aliphatic carbocycles. The van der Waals surface area contributed by atoms with Crippen LogP contribution in [0.15, 0.2) is 42.5 Å². The van der Waals surface area contributed by atoms with E-state index >= 15 is 0 Å². The summed E-state index contributed by atoms with van der Waals surface area (Å²) in [4.78, 5) is 0. The van der Waals surface area contributed by atoms with Gasteiger partial charge in [-0.1, -0.05) is 42.5 Å². The predicted molar refractivity (Wildman–Crippen MR) is 92.6 cm³/mol. The number of allylic oxidation sites excluding steroid dienone is 4. The lowest BCUT2D eigenvalue weighted by atomic mass is 9.80. The fourth-order valence-electron chi connectivity index (χ4n) is 2.94. The van der Waals surface area contributed by atoms with E-state index in [9.17, 15) is 0 Å². The first-order valence-corrected chi connectivity index (χ1v) is 8.18. The highest BCUT2D eigenvalue weighted by Crippen LogP contribution is 2.37. The smallest absolute Gasteiger partial charge is 0.403 e. The molecule has 1 aromatic carbocycles. The second-order valence-corrected chi connectivity index (χ2v) is 7.25. The molecule has 22 heavy (non-hydrogen) atoms. The van der Waals surface area contributed by atoms with Crippen LogP contribution in [-0.2, 0) is 15.6 Å². The summed E-state index contributed by atoms with van der Waals surface area (Å²) in [5.74, 6) is 0. The van der Waals surface area contributed by atoms with Crippen LogP contribution in [0.2, 0.25) is 0 Å². The summed E-state index contributed by atoms with van der Waals surface area (Å²) in [7, 11) is -0.160. The maximum atomic E-state index is 6.07. The first-order valence-electron chi connectivity index (χ1n) is 8.18. The van der Waals surface area contributed by atoms with Crippen molar-refractivity contribution in [3.63, 3.8) is 0 Å². The Morgan fingerprint density at radius 1 is 1.00 bits per heavy atom. The van der Waals surface area contributed by atoms with Gasteiger partial charge in [0.1, 0.15) is 0 Å². The molecule has 0 N–H and O–H groups in total. The van der Waals surface area contributed by atoms with E-state index < -0.39 is 0 Å².